The van der Waals surface area contributed by atoms with Crippen LogP contribution in [0.25, 0.3) is 16.2 Å². The highest BCUT2D eigenvalue weighted by Gasteiger charge is 2.10. The number of benzene rings is 1. The SMILES string of the molecule is C#CCNC(=O)CNc1nn2cc(-c3ccc(F)cc3)nc2s1. The maximum Gasteiger partial charge on any atom is 0.240 e. The molecule has 116 valence electrons. The first-order chi connectivity index (χ1) is 11.2. The number of carbonyl (C=O) groups is 1. The minimum absolute atomic E-state index is 0.0865. The predicted octanol–water partition coefficient (Wildman–Crippen LogP) is 1.76. The Labute approximate surface area is 135 Å². The van der Waals surface area contributed by atoms with Gasteiger partial charge in [0.2, 0.25) is 16.0 Å². The van der Waals surface area contributed by atoms with Crippen LogP contribution in [0.3, 0.4) is 0 Å². The molecule has 0 spiro atoms. The number of halogens is 1. The lowest BCUT2D eigenvalue weighted by Crippen LogP contribution is -2.29. The van der Waals surface area contributed by atoms with Crippen molar-refractivity contribution in [1.82, 2.24) is 19.9 Å². The van der Waals surface area contributed by atoms with E-state index >= 15 is 0 Å². The maximum atomic E-state index is 12.9. The van der Waals surface area contributed by atoms with Crippen LogP contribution in [0, 0.1) is 18.2 Å². The number of imidazole rings is 1. The average molecular weight is 329 g/mol. The number of amides is 1. The molecule has 3 aromatic rings. The summed E-state index contributed by atoms with van der Waals surface area (Å²) in [7, 11) is 0. The quantitative estimate of drug-likeness (QED) is 0.700. The first kappa shape index (κ1) is 15.0. The van der Waals surface area contributed by atoms with E-state index in [-0.39, 0.29) is 24.8 Å². The molecule has 0 bridgehead atoms. The van der Waals surface area contributed by atoms with Crippen molar-refractivity contribution in [2.45, 2.75) is 0 Å². The van der Waals surface area contributed by atoms with Crippen molar-refractivity contribution in [3.05, 3.63) is 36.3 Å². The molecular weight excluding hydrogens is 317 g/mol. The van der Waals surface area contributed by atoms with Gasteiger partial charge in [0.15, 0.2) is 0 Å². The zero-order chi connectivity index (χ0) is 16.2. The van der Waals surface area contributed by atoms with Gasteiger partial charge in [-0.25, -0.2) is 13.9 Å². The van der Waals surface area contributed by atoms with E-state index in [1.165, 1.54) is 23.5 Å². The lowest BCUT2D eigenvalue weighted by Gasteiger charge is -2.01. The molecule has 0 aliphatic carbocycles. The molecule has 6 nitrogen and oxygen atoms in total. The third kappa shape index (κ3) is 3.46. The van der Waals surface area contributed by atoms with Gasteiger partial charge in [-0.05, 0) is 24.3 Å². The van der Waals surface area contributed by atoms with Crippen LogP contribution in [0.1, 0.15) is 0 Å². The average Bonchev–Trinajstić information content (AvgIpc) is 3.10. The van der Waals surface area contributed by atoms with Crippen molar-refractivity contribution in [1.29, 1.82) is 0 Å². The second-order valence-corrected chi connectivity index (χ2v) is 5.56. The van der Waals surface area contributed by atoms with E-state index in [2.05, 4.69) is 26.6 Å². The molecule has 0 aliphatic rings. The minimum atomic E-state index is -0.289. The van der Waals surface area contributed by atoms with E-state index < -0.39 is 0 Å². The molecule has 2 N–H and O–H groups in total. The molecule has 2 aromatic heterocycles. The Hall–Kier alpha value is -2.92. The number of fused-ring (bicyclic) bond motifs is 1. The lowest BCUT2D eigenvalue weighted by molar-refractivity contribution is -0.119. The second kappa shape index (κ2) is 6.46. The van der Waals surface area contributed by atoms with E-state index in [9.17, 15) is 9.18 Å². The molecule has 1 amide bonds. The molecule has 0 unspecified atom stereocenters. The Morgan fingerprint density at radius 3 is 2.87 bits per heavy atom. The molecule has 0 saturated heterocycles. The van der Waals surface area contributed by atoms with Crippen LogP contribution in [0.2, 0.25) is 0 Å². The standard InChI is InChI=1S/C15H12FN5OS/c1-2-7-17-13(22)8-18-14-20-21-9-12(19-15(21)23-14)10-3-5-11(16)6-4-10/h1,3-6,9H,7-8H2,(H,17,22)(H,18,20). The largest absolute Gasteiger partial charge is 0.351 e. The molecular formula is C15H12FN5OS. The van der Waals surface area contributed by atoms with Crippen molar-refractivity contribution >= 4 is 27.3 Å². The summed E-state index contributed by atoms with van der Waals surface area (Å²) in [5.41, 5.74) is 1.52. The summed E-state index contributed by atoms with van der Waals surface area (Å²) in [5, 5.41) is 10.3. The number of nitrogens with one attached hydrogen (secondary N) is 2. The van der Waals surface area contributed by atoms with Gasteiger partial charge in [0.05, 0.1) is 25.0 Å². The van der Waals surface area contributed by atoms with Crippen LogP contribution in [0.5, 0.6) is 0 Å². The van der Waals surface area contributed by atoms with Crippen LogP contribution in [-0.2, 0) is 4.79 Å². The van der Waals surface area contributed by atoms with Gasteiger partial charge in [0.1, 0.15) is 5.82 Å². The Morgan fingerprint density at radius 2 is 2.17 bits per heavy atom. The molecule has 1 aromatic carbocycles. The van der Waals surface area contributed by atoms with Gasteiger partial charge in [0, 0.05) is 5.56 Å². The summed E-state index contributed by atoms with van der Waals surface area (Å²) < 4.78 is 14.6. The zero-order valence-electron chi connectivity index (χ0n) is 11.9. The second-order valence-electron chi connectivity index (χ2n) is 4.60. The fourth-order valence-electron chi connectivity index (χ4n) is 1.90. The normalized spacial score (nSPS) is 10.4. The fourth-order valence-corrected chi connectivity index (χ4v) is 2.68. The van der Waals surface area contributed by atoms with Gasteiger partial charge in [-0.3, -0.25) is 4.79 Å². The third-order valence-corrected chi connectivity index (χ3v) is 3.85. The highest BCUT2D eigenvalue weighted by molar-refractivity contribution is 7.20. The van der Waals surface area contributed by atoms with E-state index in [1.54, 1.807) is 22.8 Å². The molecule has 8 heteroatoms. The molecule has 0 radical (unpaired) electrons. The Kier molecular flexibility index (Phi) is 4.21. The van der Waals surface area contributed by atoms with Crippen LogP contribution in [0.15, 0.2) is 30.5 Å². The van der Waals surface area contributed by atoms with Crippen molar-refractivity contribution in [2.24, 2.45) is 0 Å². The smallest absolute Gasteiger partial charge is 0.240 e. The van der Waals surface area contributed by atoms with Crippen molar-refractivity contribution < 1.29 is 9.18 Å². The molecule has 0 saturated carbocycles. The summed E-state index contributed by atoms with van der Waals surface area (Å²) in [6.07, 6.45) is 6.82. The topological polar surface area (TPSA) is 71.3 Å². The van der Waals surface area contributed by atoms with Gasteiger partial charge >= 0.3 is 0 Å². The van der Waals surface area contributed by atoms with Crippen molar-refractivity contribution in [3.8, 4) is 23.6 Å². The van der Waals surface area contributed by atoms with Crippen LogP contribution >= 0.6 is 11.3 Å². The van der Waals surface area contributed by atoms with Gasteiger partial charge in [-0.1, -0.05) is 17.3 Å². The maximum absolute atomic E-state index is 12.9. The van der Waals surface area contributed by atoms with Crippen LogP contribution in [-0.4, -0.2) is 33.6 Å². The summed E-state index contributed by atoms with van der Waals surface area (Å²) in [6, 6.07) is 6.10. The number of hydrogen-bond acceptors (Lipinski definition) is 5. The minimum Gasteiger partial charge on any atom is -0.351 e. The van der Waals surface area contributed by atoms with E-state index in [1.807, 2.05) is 0 Å². The van der Waals surface area contributed by atoms with Crippen LogP contribution < -0.4 is 10.6 Å². The van der Waals surface area contributed by atoms with Gasteiger partial charge in [-0.15, -0.1) is 11.5 Å². The number of aromatic nitrogens is 3. The van der Waals surface area contributed by atoms with E-state index in [4.69, 9.17) is 6.42 Å². The van der Waals surface area contributed by atoms with E-state index in [0.717, 1.165) is 5.56 Å². The van der Waals surface area contributed by atoms with Crippen LogP contribution in [0.4, 0.5) is 9.52 Å². The van der Waals surface area contributed by atoms with Crippen molar-refractivity contribution in [2.75, 3.05) is 18.4 Å². The highest BCUT2D eigenvalue weighted by atomic mass is 32.1. The first-order valence-electron chi connectivity index (χ1n) is 6.72. The van der Waals surface area contributed by atoms with E-state index in [0.29, 0.717) is 15.8 Å². The van der Waals surface area contributed by atoms with Crippen molar-refractivity contribution in [3.63, 3.8) is 0 Å². The third-order valence-electron chi connectivity index (χ3n) is 2.97. The fraction of sp³-hybridized carbons (Fsp3) is 0.133. The lowest BCUT2D eigenvalue weighted by atomic mass is 10.2. The van der Waals surface area contributed by atoms with Gasteiger partial charge in [-0.2, -0.15) is 0 Å². The number of anilines is 1. The summed E-state index contributed by atoms with van der Waals surface area (Å²) in [4.78, 5) is 16.6. The van der Waals surface area contributed by atoms with Gasteiger partial charge < -0.3 is 10.6 Å². The monoisotopic (exact) mass is 329 g/mol. The Bertz CT molecular complexity index is 846. The zero-order valence-corrected chi connectivity index (χ0v) is 12.7. The number of hydrogen-bond donors (Lipinski definition) is 2. The molecule has 3 rings (SSSR count). The number of nitrogens with zero attached hydrogens (tertiary/aromatic N) is 3. The summed E-state index contributed by atoms with van der Waals surface area (Å²) in [5.74, 6) is 1.83. The molecule has 2 heterocycles. The molecule has 0 aliphatic heterocycles. The van der Waals surface area contributed by atoms with Gasteiger partial charge in [0.25, 0.3) is 0 Å². The Balaban J connectivity index is 1.69. The summed E-state index contributed by atoms with van der Waals surface area (Å²) in [6.45, 7) is 0.284. The highest BCUT2D eigenvalue weighted by Crippen LogP contribution is 2.24. The summed E-state index contributed by atoms with van der Waals surface area (Å²) >= 11 is 1.32. The number of carbonyl (C=O) groups excluding carboxylic acids is 1. The number of terminal acetylenes is 1. The predicted molar refractivity (Wildman–Crippen MR) is 86.6 cm³/mol. The Morgan fingerprint density at radius 1 is 1.39 bits per heavy atom. The molecule has 23 heavy (non-hydrogen) atoms. The number of rotatable bonds is 5. The first-order valence-corrected chi connectivity index (χ1v) is 7.53. The molecule has 0 fully saturated rings. The molecule has 0 atom stereocenters.